The molecular formula is C20H25N5O3. The molecule has 0 fully saturated rings. The van der Waals surface area contributed by atoms with Crippen LogP contribution in [0.5, 0.6) is 0 Å². The summed E-state index contributed by atoms with van der Waals surface area (Å²) in [5.74, 6) is 0.669. The van der Waals surface area contributed by atoms with E-state index in [1.807, 2.05) is 31.2 Å². The summed E-state index contributed by atoms with van der Waals surface area (Å²) in [7, 11) is 0. The Labute approximate surface area is 163 Å². The van der Waals surface area contributed by atoms with Crippen molar-refractivity contribution in [3.05, 3.63) is 36.3 Å². The van der Waals surface area contributed by atoms with Crippen molar-refractivity contribution in [3.63, 3.8) is 0 Å². The van der Waals surface area contributed by atoms with Gasteiger partial charge >= 0.3 is 6.09 Å². The number of pyridine rings is 1. The topological polar surface area (TPSA) is 100 Å². The highest BCUT2D eigenvalue weighted by molar-refractivity contribution is 6.02. The third-order valence-electron chi connectivity index (χ3n) is 4.73. The van der Waals surface area contributed by atoms with E-state index in [1.165, 1.54) is 11.8 Å². The molecule has 0 unspecified atom stereocenters. The highest BCUT2D eigenvalue weighted by Crippen LogP contribution is 2.25. The molecule has 0 saturated carbocycles. The number of hydrogen-bond donors (Lipinski definition) is 2. The lowest BCUT2D eigenvalue weighted by Crippen LogP contribution is -2.30. The summed E-state index contributed by atoms with van der Waals surface area (Å²) < 4.78 is 2.10. The van der Waals surface area contributed by atoms with Crippen molar-refractivity contribution >= 4 is 33.9 Å². The number of carbonyl (C=O) groups excluding carboxylic acids is 1. The molecule has 0 bridgehead atoms. The second-order valence-electron chi connectivity index (χ2n) is 6.68. The molecule has 0 atom stereocenters. The van der Waals surface area contributed by atoms with Gasteiger partial charge in [0.2, 0.25) is 5.91 Å². The van der Waals surface area contributed by atoms with E-state index in [9.17, 15) is 14.7 Å². The van der Waals surface area contributed by atoms with Crippen LogP contribution in [0.3, 0.4) is 0 Å². The Morgan fingerprint density at radius 3 is 2.71 bits per heavy atom. The van der Waals surface area contributed by atoms with Gasteiger partial charge in [0.1, 0.15) is 11.3 Å². The summed E-state index contributed by atoms with van der Waals surface area (Å²) >= 11 is 0. The first kappa shape index (κ1) is 19.6. The van der Waals surface area contributed by atoms with Crippen LogP contribution in [0, 0.1) is 0 Å². The van der Waals surface area contributed by atoms with Crippen LogP contribution in [0.2, 0.25) is 0 Å². The standard InChI is InChI=1S/C20H25N5O3/c1-3-24(20(27)28)13-18-23-17-12-22-16-9-5-4-8-15(16)19(17)25(18)11-7-6-10-21-14(2)26/h4-5,8-9,12H,3,6-7,10-11,13H2,1-2H3,(H,21,26)(H,27,28). The third-order valence-corrected chi connectivity index (χ3v) is 4.73. The number of carboxylic acid groups (broad SMARTS) is 1. The van der Waals surface area contributed by atoms with Gasteiger partial charge in [0.15, 0.2) is 0 Å². The monoisotopic (exact) mass is 383 g/mol. The summed E-state index contributed by atoms with van der Waals surface area (Å²) in [6, 6.07) is 7.88. The number of nitrogens with zero attached hydrogens (tertiary/aromatic N) is 4. The Kier molecular flexibility index (Phi) is 6.08. The molecule has 2 heterocycles. The van der Waals surface area contributed by atoms with Gasteiger partial charge in [-0.05, 0) is 25.8 Å². The van der Waals surface area contributed by atoms with Gasteiger partial charge in [0.25, 0.3) is 0 Å². The van der Waals surface area contributed by atoms with Gasteiger partial charge < -0.3 is 19.9 Å². The molecule has 28 heavy (non-hydrogen) atoms. The summed E-state index contributed by atoms with van der Waals surface area (Å²) in [6.07, 6.45) is 2.45. The molecule has 1 aromatic carbocycles. The van der Waals surface area contributed by atoms with E-state index in [2.05, 4.69) is 19.9 Å². The molecule has 0 spiro atoms. The van der Waals surface area contributed by atoms with Crippen molar-refractivity contribution in [2.24, 2.45) is 0 Å². The maximum absolute atomic E-state index is 11.5. The molecule has 0 radical (unpaired) electrons. The largest absolute Gasteiger partial charge is 0.465 e. The Bertz CT molecular complexity index is 998. The second-order valence-corrected chi connectivity index (χ2v) is 6.68. The normalized spacial score (nSPS) is 11.1. The fourth-order valence-electron chi connectivity index (χ4n) is 3.32. The molecule has 148 valence electrons. The van der Waals surface area contributed by atoms with Crippen LogP contribution in [0.15, 0.2) is 30.5 Å². The summed E-state index contributed by atoms with van der Waals surface area (Å²) in [5, 5.41) is 13.2. The molecule has 8 nitrogen and oxygen atoms in total. The van der Waals surface area contributed by atoms with Gasteiger partial charge in [-0.3, -0.25) is 9.78 Å². The van der Waals surface area contributed by atoms with E-state index in [-0.39, 0.29) is 12.5 Å². The van der Waals surface area contributed by atoms with Crippen LogP contribution in [0.25, 0.3) is 21.9 Å². The third kappa shape index (κ3) is 4.21. The number of imidazole rings is 1. The van der Waals surface area contributed by atoms with Crippen molar-refractivity contribution in [1.82, 2.24) is 24.8 Å². The van der Waals surface area contributed by atoms with Gasteiger partial charge in [-0.25, -0.2) is 9.78 Å². The maximum Gasteiger partial charge on any atom is 0.407 e. The van der Waals surface area contributed by atoms with Crippen LogP contribution >= 0.6 is 0 Å². The molecule has 0 saturated heterocycles. The second kappa shape index (κ2) is 8.69. The van der Waals surface area contributed by atoms with Crippen LogP contribution in [-0.2, 0) is 17.9 Å². The van der Waals surface area contributed by atoms with E-state index >= 15 is 0 Å². The zero-order chi connectivity index (χ0) is 20.1. The van der Waals surface area contributed by atoms with E-state index < -0.39 is 6.09 Å². The number of nitrogens with one attached hydrogen (secondary N) is 1. The van der Waals surface area contributed by atoms with Crippen molar-refractivity contribution in [2.75, 3.05) is 13.1 Å². The smallest absolute Gasteiger partial charge is 0.407 e. The number of benzene rings is 1. The molecule has 0 aliphatic heterocycles. The Morgan fingerprint density at radius 2 is 2.00 bits per heavy atom. The highest BCUT2D eigenvalue weighted by atomic mass is 16.4. The Balaban J connectivity index is 1.97. The number of aryl methyl sites for hydroxylation is 1. The molecule has 0 aliphatic carbocycles. The minimum Gasteiger partial charge on any atom is -0.465 e. The van der Waals surface area contributed by atoms with E-state index in [0.29, 0.717) is 25.5 Å². The number of amides is 2. The first-order valence-corrected chi connectivity index (χ1v) is 9.46. The number of fused-ring (bicyclic) bond motifs is 3. The number of rotatable bonds is 8. The van der Waals surface area contributed by atoms with Crippen LogP contribution in [-0.4, -0.2) is 49.6 Å². The summed E-state index contributed by atoms with van der Waals surface area (Å²) in [5.41, 5.74) is 2.62. The summed E-state index contributed by atoms with van der Waals surface area (Å²) in [4.78, 5) is 33.0. The fourth-order valence-corrected chi connectivity index (χ4v) is 3.32. The lowest BCUT2D eigenvalue weighted by atomic mass is 10.2. The fraction of sp³-hybridized carbons (Fsp3) is 0.400. The molecule has 2 aromatic heterocycles. The molecule has 0 aliphatic rings. The zero-order valence-electron chi connectivity index (χ0n) is 16.2. The number of para-hydroxylation sites is 1. The van der Waals surface area contributed by atoms with Crippen LogP contribution in [0.1, 0.15) is 32.5 Å². The van der Waals surface area contributed by atoms with Gasteiger partial charge in [-0.15, -0.1) is 0 Å². The Hall–Kier alpha value is -3.16. The lowest BCUT2D eigenvalue weighted by Gasteiger charge is -2.18. The molecule has 2 N–H and O–H groups in total. The number of unbranched alkanes of at least 4 members (excludes halogenated alkanes) is 1. The SMILES string of the molecule is CCN(Cc1nc2cnc3ccccc3c2n1CCCCNC(C)=O)C(=O)O. The molecule has 8 heteroatoms. The van der Waals surface area contributed by atoms with Crippen molar-refractivity contribution in [3.8, 4) is 0 Å². The first-order chi connectivity index (χ1) is 13.5. The van der Waals surface area contributed by atoms with Gasteiger partial charge in [-0.2, -0.15) is 0 Å². The van der Waals surface area contributed by atoms with Gasteiger partial charge in [0.05, 0.1) is 23.8 Å². The van der Waals surface area contributed by atoms with Crippen molar-refractivity contribution < 1.29 is 14.7 Å². The Morgan fingerprint density at radius 1 is 1.21 bits per heavy atom. The zero-order valence-corrected chi connectivity index (χ0v) is 16.2. The summed E-state index contributed by atoms with van der Waals surface area (Å²) in [6.45, 7) is 5.24. The van der Waals surface area contributed by atoms with Crippen LogP contribution < -0.4 is 5.32 Å². The van der Waals surface area contributed by atoms with Crippen molar-refractivity contribution in [2.45, 2.75) is 39.8 Å². The van der Waals surface area contributed by atoms with E-state index in [0.717, 1.165) is 34.8 Å². The number of carbonyl (C=O) groups is 2. The van der Waals surface area contributed by atoms with E-state index in [4.69, 9.17) is 0 Å². The van der Waals surface area contributed by atoms with Gasteiger partial charge in [0, 0.05) is 31.9 Å². The van der Waals surface area contributed by atoms with Crippen LogP contribution in [0.4, 0.5) is 4.79 Å². The molecule has 3 aromatic rings. The minimum absolute atomic E-state index is 0.0362. The molecule has 2 amide bonds. The van der Waals surface area contributed by atoms with E-state index in [1.54, 1.807) is 6.20 Å². The highest BCUT2D eigenvalue weighted by Gasteiger charge is 2.18. The average molecular weight is 383 g/mol. The van der Waals surface area contributed by atoms with Crippen molar-refractivity contribution in [1.29, 1.82) is 0 Å². The lowest BCUT2D eigenvalue weighted by molar-refractivity contribution is -0.118. The first-order valence-electron chi connectivity index (χ1n) is 9.46. The maximum atomic E-state index is 11.5. The number of aromatic nitrogens is 3. The average Bonchev–Trinajstić information content (AvgIpc) is 3.03. The van der Waals surface area contributed by atoms with Gasteiger partial charge in [-0.1, -0.05) is 18.2 Å². The quantitative estimate of drug-likeness (QED) is 0.583. The molecule has 3 rings (SSSR count). The number of hydrogen-bond acceptors (Lipinski definition) is 4. The predicted octanol–water partition coefficient (Wildman–Crippen LogP) is 3.00. The predicted molar refractivity (Wildman–Crippen MR) is 107 cm³/mol. The minimum atomic E-state index is -0.963. The molecular weight excluding hydrogens is 358 g/mol.